The van der Waals surface area contributed by atoms with Gasteiger partial charge in [0.25, 0.3) is 0 Å². The second-order valence-corrected chi connectivity index (χ2v) is 5.88. The molecule has 0 spiro atoms. The maximum absolute atomic E-state index is 14.4. The molecule has 5 nitrogen and oxygen atoms in total. The lowest BCUT2D eigenvalue weighted by Gasteiger charge is -2.29. The van der Waals surface area contributed by atoms with E-state index in [1.807, 2.05) is 30.3 Å². The number of halogens is 1. The van der Waals surface area contributed by atoms with Gasteiger partial charge in [-0.05, 0) is 18.9 Å². The third-order valence-electron chi connectivity index (χ3n) is 4.40. The molecule has 1 aromatic rings. The molecule has 128 valence electrons. The number of nitrogens with one attached hydrogen (secondary N) is 1. The van der Waals surface area contributed by atoms with Crippen LogP contribution in [0.1, 0.15) is 18.9 Å². The molecule has 3 N–H and O–H groups in total. The number of aliphatic hydroxyl groups excluding tert-OH is 2. The van der Waals surface area contributed by atoms with Crippen molar-refractivity contribution in [2.75, 3.05) is 19.7 Å². The summed E-state index contributed by atoms with van der Waals surface area (Å²) in [5, 5.41) is 22.2. The first kappa shape index (κ1) is 17.8. The van der Waals surface area contributed by atoms with Gasteiger partial charge in [-0.3, -0.25) is 9.69 Å². The summed E-state index contributed by atoms with van der Waals surface area (Å²) in [6.45, 7) is 2.44. The van der Waals surface area contributed by atoms with Crippen LogP contribution in [0.3, 0.4) is 0 Å². The van der Waals surface area contributed by atoms with Crippen molar-refractivity contribution < 1.29 is 19.4 Å². The van der Waals surface area contributed by atoms with Gasteiger partial charge in [0.15, 0.2) is 0 Å². The molecular weight excluding hydrogens is 299 g/mol. The Labute approximate surface area is 136 Å². The summed E-state index contributed by atoms with van der Waals surface area (Å²) in [7, 11) is 0. The van der Waals surface area contributed by atoms with Gasteiger partial charge in [-0.1, -0.05) is 30.3 Å². The molecule has 0 aliphatic carbocycles. The van der Waals surface area contributed by atoms with E-state index >= 15 is 0 Å². The number of alkyl halides is 1. The molecule has 1 amide bonds. The van der Waals surface area contributed by atoms with E-state index in [4.69, 9.17) is 0 Å². The van der Waals surface area contributed by atoms with Crippen LogP contribution in [0.4, 0.5) is 4.39 Å². The lowest BCUT2D eigenvalue weighted by molar-refractivity contribution is -0.122. The largest absolute Gasteiger partial charge is 0.395 e. The van der Waals surface area contributed by atoms with Crippen LogP contribution in [0, 0.1) is 0 Å². The van der Waals surface area contributed by atoms with Crippen molar-refractivity contribution in [3.63, 3.8) is 0 Å². The third kappa shape index (κ3) is 4.28. The molecule has 0 aromatic heterocycles. The standard InChI is InChI=1S/C17H25FN2O3/c1-2-19-15(22)10-13-16(18)17(23)14(11-21)20(13)9-8-12-6-4-3-5-7-12/h3-7,13-14,16-17,21,23H,2,8-11H2,1H3,(H,19,22)/t13-,14-,16+,17-/m1/s1. The van der Waals surface area contributed by atoms with Crippen molar-refractivity contribution in [3.8, 4) is 0 Å². The number of amides is 1. The number of benzene rings is 1. The fraction of sp³-hybridized carbons (Fsp3) is 0.588. The van der Waals surface area contributed by atoms with Gasteiger partial charge in [0, 0.05) is 19.5 Å². The number of hydrogen-bond donors (Lipinski definition) is 3. The monoisotopic (exact) mass is 324 g/mol. The number of carbonyl (C=O) groups is 1. The average molecular weight is 324 g/mol. The van der Waals surface area contributed by atoms with Crippen LogP contribution in [-0.2, 0) is 11.2 Å². The van der Waals surface area contributed by atoms with Crippen molar-refractivity contribution in [1.82, 2.24) is 10.2 Å². The normalized spacial score (nSPS) is 28.0. The Hall–Kier alpha value is -1.50. The van der Waals surface area contributed by atoms with Crippen LogP contribution in [0.2, 0.25) is 0 Å². The van der Waals surface area contributed by atoms with E-state index < -0.39 is 24.4 Å². The van der Waals surface area contributed by atoms with Gasteiger partial charge in [-0.25, -0.2) is 4.39 Å². The first-order valence-corrected chi connectivity index (χ1v) is 8.07. The van der Waals surface area contributed by atoms with E-state index in [9.17, 15) is 19.4 Å². The van der Waals surface area contributed by atoms with Crippen molar-refractivity contribution in [1.29, 1.82) is 0 Å². The maximum atomic E-state index is 14.4. The van der Waals surface area contributed by atoms with Crippen molar-refractivity contribution in [2.45, 2.75) is 44.1 Å². The van der Waals surface area contributed by atoms with E-state index in [-0.39, 0.29) is 18.9 Å². The second kappa shape index (κ2) is 8.38. The zero-order valence-corrected chi connectivity index (χ0v) is 13.4. The first-order chi connectivity index (χ1) is 11.1. The minimum atomic E-state index is -1.54. The Balaban J connectivity index is 2.07. The predicted octanol–water partition coefficient (Wildman–Crippen LogP) is 0.499. The lowest BCUT2D eigenvalue weighted by atomic mass is 10.1. The van der Waals surface area contributed by atoms with Crippen LogP contribution < -0.4 is 5.32 Å². The Kier molecular flexibility index (Phi) is 6.50. The van der Waals surface area contributed by atoms with Crippen molar-refractivity contribution >= 4 is 5.91 Å². The highest BCUT2D eigenvalue weighted by Crippen LogP contribution is 2.30. The molecule has 0 bridgehead atoms. The molecule has 1 saturated heterocycles. The molecule has 1 aliphatic heterocycles. The van der Waals surface area contributed by atoms with Gasteiger partial charge in [-0.2, -0.15) is 0 Å². The number of nitrogens with zero attached hydrogens (tertiary/aromatic N) is 1. The summed E-state index contributed by atoms with van der Waals surface area (Å²) in [5.41, 5.74) is 1.10. The second-order valence-electron chi connectivity index (χ2n) is 5.88. The summed E-state index contributed by atoms with van der Waals surface area (Å²) < 4.78 is 14.4. The minimum Gasteiger partial charge on any atom is -0.395 e. The van der Waals surface area contributed by atoms with Crippen LogP contribution in [0.5, 0.6) is 0 Å². The molecule has 0 radical (unpaired) electrons. The highest BCUT2D eigenvalue weighted by Gasteiger charge is 2.48. The lowest BCUT2D eigenvalue weighted by Crippen LogP contribution is -2.44. The average Bonchev–Trinajstić information content (AvgIpc) is 2.78. The minimum absolute atomic E-state index is 0.0165. The SMILES string of the molecule is CCNC(=O)C[C@@H]1[C@H](F)[C@H](O)[C@@H](CO)N1CCc1ccccc1. The number of hydrogen-bond acceptors (Lipinski definition) is 4. The van der Waals surface area contributed by atoms with Gasteiger partial charge in [0.2, 0.25) is 5.91 Å². The molecule has 6 heteroatoms. The maximum Gasteiger partial charge on any atom is 0.221 e. The van der Waals surface area contributed by atoms with Crippen molar-refractivity contribution in [3.05, 3.63) is 35.9 Å². The molecule has 0 unspecified atom stereocenters. The van der Waals surface area contributed by atoms with E-state index in [1.165, 1.54) is 0 Å². The van der Waals surface area contributed by atoms with Crippen LogP contribution in [-0.4, -0.2) is 65.1 Å². The Bertz CT molecular complexity index is 500. The summed E-state index contributed by atoms with van der Waals surface area (Å²) in [6.07, 6.45) is -2.15. The molecule has 23 heavy (non-hydrogen) atoms. The third-order valence-corrected chi connectivity index (χ3v) is 4.40. The molecule has 1 heterocycles. The predicted molar refractivity (Wildman–Crippen MR) is 85.7 cm³/mol. The summed E-state index contributed by atoms with van der Waals surface area (Å²) >= 11 is 0. The zero-order valence-electron chi connectivity index (χ0n) is 13.4. The number of likely N-dealkylation sites (tertiary alicyclic amines) is 1. The quantitative estimate of drug-likeness (QED) is 0.683. The fourth-order valence-electron chi connectivity index (χ4n) is 3.20. The summed E-state index contributed by atoms with van der Waals surface area (Å²) in [5.74, 6) is -0.240. The van der Waals surface area contributed by atoms with E-state index in [0.29, 0.717) is 19.5 Å². The van der Waals surface area contributed by atoms with Crippen LogP contribution >= 0.6 is 0 Å². The number of rotatable bonds is 7. The van der Waals surface area contributed by atoms with Crippen LogP contribution in [0.15, 0.2) is 30.3 Å². The van der Waals surface area contributed by atoms with Gasteiger partial charge in [0.1, 0.15) is 12.3 Å². The Morgan fingerprint density at radius 3 is 2.61 bits per heavy atom. The van der Waals surface area contributed by atoms with Gasteiger partial charge in [-0.15, -0.1) is 0 Å². The number of aliphatic hydroxyl groups is 2. The molecule has 1 fully saturated rings. The zero-order chi connectivity index (χ0) is 16.8. The molecule has 2 rings (SSSR count). The summed E-state index contributed by atoms with van der Waals surface area (Å²) in [4.78, 5) is 13.6. The van der Waals surface area contributed by atoms with E-state index in [0.717, 1.165) is 5.56 Å². The molecule has 1 aromatic carbocycles. The Morgan fingerprint density at radius 1 is 1.30 bits per heavy atom. The van der Waals surface area contributed by atoms with Crippen molar-refractivity contribution in [2.24, 2.45) is 0 Å². The summed E-state index contributed by atoms with van der Waals surface area (Å²) in [6, 6.07) is 8.36. The van der Waals surface area contributed by atoms with Gasteiger partial charge < -0.3 is 15.5 Å². The smallest absolute Gasteiger partial charge is 0.221 e. The van der Waals surface area contributed by atoms with Gasteiger partial charge >= 0.3 is 0 Å². The molecule has 1 aliphatic rings. The highest BCUT2D eigenvalue weighted by atomic mass is 19.1. The van der Waals surface area contributed by atoms with Gasteiger partial charge in [0.05, 0.1) is 18.7 Å². The molecular formula is C17H25FN2O3. The van der Waals surface area contributed by atoms with E-state index in [2.05, 4.69) is 5.32 Å². The Morgan fingerprint density at radius 2 is 2.00 bits per heavy atom. The van der Waals surface area contributed by atoms with Crippen LogP contribution in [0.25, 0.3) is 0 Å². The fourth-order valence-corrected chi connectivity index (χ4v) is 3.20. The molecule has 0 saturated carbocycles. The molecule has 4 atom stereocenters. The topological polar surface area (TPSA) is 72.8 Å². The highest BCUT2D eigenvalue weighted by molar-refractivity contribution is 5.76. The number of carbonyl (C=O) groups excluding carboxylic acids is 1. The van der Waals surface area contributed by atoms with E-state index in [1.54, 1.807) is 11.8 Å². The first-order valence-electron chi connectivity index (χ1n) is 8.07.